The van der Waals surface area contributed by atoms with E-state index in [-0.39, 0.29) is 6.10 Å². The Morgan fingerprint density at radius 3 is 2.83 bits per heavy atom. The van der Waals surface area contributed by atoms with Gasteiger partial charge in [-0.25, -0.2) is 4.98 Å². The summed E-state index contributed by atoms with van der Waals surface area (Å²) in [7, 11) is 2.15. The molecule has 2 aliphatic heterocycles. The van der Waals surface area contributed by atoms with Crippen LogP contribution in [0.1, 0.15) is 44.6 Å². The third-order valence-corrected chi connectivity index (χ3v) is 6.79. The summed E-state index contributed by atoms with van der Waals surface area (Å²) in [6, 6.07) is 7.08. The van der Waals surface area contributed by atoms with Crippen molar-refractivity contribution in [2.75, 3.05) is 37.0 Å². The molecule has 0 bridgehead atoms. The van der Waals surface area contributed by atoms with E-state index < -0.39 is 0 Å². The second-order valence-electron chi connectivity index (χ2n) is 9.13. The van der Waals surface area contributed by atoms with Crippen molar-refractivity contribution in [1.29, 1.82) is 0 Å². The van der Waals surface area contributed by atoms with Gasteiger partial charge in [0.1, 0.15) is 6.10 Å². The van der Waals surface area contributed by atoms with Crippen LogP contribution in [0.3, 0.4) is 0 Å². The molecule has 1 saturated heterocycles. The summed E-state index contributed by atoms with van der Waals surface area (Å²) in [5, 5.41) is 3.55. The molecule has 160 valence electrons. The molecule has 0 spiro atoms. The van der Waals surface area contributed by atoms with Crippen molar-refractivity contribution in [3.05, 3.63) is 30.0 Å². The number of anilines is 2. The molecule has 3 aliphatic rings. The summed E-state index contributed by atoms with van der Waals surface area (Å²) >= 11 is 0. The Hall–Kier alpha value is -2.34. The van der Waals surface area contributed by atoms with Crippen molar-refractivity contribution in [3.8, 4) is 17.0 Å². The number of nitrogens with one attached hydrogen (secondary N) is 1. The van der Waals surface area contributed by atoms with Gasteiger partial charge in [0.05, 0.1) is 18.8 Å². The Kier molecular flexibility index (Phi) is 5.50. The minimum absolute atomic E-state index is 0.0580. The van der Waals surface area contributed by atoms with Crippen LogP contribution in [0.4, 0.5) is 11.6 Å². The highest BCUT2D eigenvalue weighted by molar-refractivity contribution is 5.73. The van der Waals surface area contributed by atoms with Crippen LogP contribution in [0.5, 0.6) is 5.88 Å². The minimum Gasteiger partial charge on any atom is -0.471 e. The predicted molar refractivity (Wildman–Crippen MR) is 119 cm³/mol. The summed E-state index contributed by atoms with van der Waals surface area (Å²) < 4.78 is 11.8. The molecule has 6 heteroatoms. The van der Waals surface area contributed by atoms with E-state index in [0.29, 0.717) is 24.5 Å². The van der Waals surface area contributed by atoms with Gasteiger partial charge in [0, 0.05) is 37.9 Å². The molecule has 1 aromatic heterocycles. The van der Waals surface area contributed by atoms with Gasteiger partial charge in [-0.2, -0.15) is 4.98 Å². The van der Waals surface area contributed by atoms with Gasteiger partial charge in [0.2, 0.25) is 11.8 Å². The molecule has 1 atom stereocenters. The van der Waals surface area contributed by atoms with Gasteiger partial charge >= 0.3 is 0 Å². The number of nitrogens with zero attached hydrogens (tertiary/aromatic N) is 3. The third-order valence-electron chi connectivity index (χ3n) is 6.79. The first-order valence-electron chi connectivity index (χ1n) is 11.4. The average Bonchev–Trinajstić information content (AvgIpc) is 3.40. The summed E-state index contributed by atoms with van der Waals surface area (Å²) in [4.78, 5) is 11.8. The van der Waals surface area contributed by atoms with Gasteiger partial charge < -0.3 is 19.7 Å². The first kappa shape index (κ1) is 19.6. The Morgan fingerprint density at radius 1 is 1.17 bits per heavy atom. The van der Waals surface area contributed by atoms with Gasteiger partial charge in [0.15, 0.2) is 0 Å². The summed E-state index contributed by atoms with van der Waals surface area (Å²) in [6.07, 6.45) is 8.85. The van der Waals surface area contributed by atoms with Gasteiger partial charge in [-0.1, -0.05) is 13.0 Å². The summed E-state index contributed by atoms with van der Waals surface area (Å²) in [6.45, 7) is 4.79. The number of likely N-dealkylation sites (N-methyl/N-ethyl adjacent to an activating group) is 1. The number of benzene rings is 1. The summed E-state index contributed by atoms with van der Waals surface area (Å²) in [5.41, 5.74) is 4.78. The van der Waals surface area contributed by atoms with Crippen molar-refractivity contribution in [3.63, 3.8) is 0 Å². The SMILES string of the molecule is CC1CCC(Nc2ncc(-c3ccc4c(c3)CCN4C)c(O[C@@H]3CCOC3)n2)CC1. The standard InChI is InChI=1S/C24H32N4O2/c1-16-3-6-19(7-4-16)26-24-25-14-21(23(27-24)30-20-10-12-29-15-20)17-5-8-22-18(13-17)9-11-28(22)2/h5,8,13-14,16,19-20H,3-4,6-7,9-12,15H2,1-2H3,(H,25,26,27)/t16?,19?,20-/m1/s1. The van der Waals surface area contributed by atoms with Crippen LogP contribution in [0.25, 0.3) is 11.1 Å². The maximum atomic E-state index is 6.32. The highest BCUT2D eigenvalue weighted by atomic mass is 16.5. The Bertz CT molecular complexity index is 889. The molecule has 30 heavy (non-hydrogen) atoms. The Balaban J connectivity index is 1.42. The van der Waals surface area contributed by atoms with Crippen LogP contribution in [-0.2, 0) is 11.2 Å². The Labute approximate surface area is 179 Å². The molecule has 3 heterocycles. The van der Waals surface area contributed by atoms with E-state index in [1.54, 1.807) is 0 Å². The van der Waals surface area contributed by atoms with Gasteiger partial charge in [-0.05, 0) is 61.3 Å². The topological polar surface area (TPSA) is 59.5 Å². The normalized spacial score (nSPS) is 25.9. The van der Waals surface area contributed by atoms with E-state index in [1.165, 1.54) is 36.9 Å². The van der Waals surface area contributed by atoms with E-state index in [9.17, 15) is 0 Å². The van der Waals surface area contributed by atoms with Crippen molar-refractivity contribution in [2.45, 2.75) is 57.6 Å². The van der Waals surface area contributed by atoms with Crippen molar-refractivity contribution in [1.82, 2.24) is 9.97 Å². The number of hydrogen-bond donors (Lipinski definition) is 1. The molecule has 1 N–H and O–H groups in total. The Morgan fingerprint density at radius 2 is 2.03 bits per heavy atom. The third kappa shape index (κ3) is 4.10. The molecule has 5 rings (SSSR count). The predicted octanol–water partition coefficient (Wildman–Crippen LogP) is 4.29. The van der Waals surface area contributed by atoms with Crippen LogP contribution < -0.4 is 15.0 Å². The second-order valence-corrected chi connectivity index (χ2v) is 9.13. The number of aromatic nitrogens is 2. The van der Waals surface area contributed by atoms with E-state index in [1.807, 2.05) is 6.20 Å². The fraction of sp³-hybridized carbons (Fsp3) is 0.583. The molecule has 0 unspecified atom stereocenters. The summed E-state index contributed by atoms with van der Waals surface area (Å²) in [5.74, 6) is 2.16. The highest BCUT2D eigenvalue weighted by Crippen LogP contribution is 2.36. The molecule has 0 radical (unpaired) electrons. The second kappa shape index (κ2) is 8.42. The fourth-order valence-electron chi connectivity index (χ4n) is 4.81. The molecule has 1 aromatic carbocycles. The zero-order valence-electron chi connectivity index (χ0n) is 18.1. The molecular weight excluding hydrogens is 376 g/mol. The molecular formula is C24H32N4O2. The average molecular weight is 409 g/mol. The van der Waals surface area contributed by atoms with E-state index in [0.717, 1.165) is 43.0 Å². The van der Waals surface area contributed by atoms with Gasteiger partial charge in [-0.3, -0.25) is 0 Å². The lowest BCUT2D eigenvalue weighted by Gasteiger charge is -2.27. The van der Waals surface area contributed by atoms with E-state index in [2.05, 4.69) is 47.4 Å². The quantitative estimate of drug-likeness (QED) is 0.796. The highest BCUT2D eigenvalue weighted by Gasteiger charge is 2.24. The van der Waals surface area contributed by atoms with E-state index >= 15 is 0 Å². The maximum Gasteiger partial charge on any atom is 0.226 e. The zero-order chi connectivity index (χ0) is 20.5. The van der Waals surface area contributed by atoms with Gasteiger partial charge in [-0.15, -0.1) is 0 Å². The molecule has 6 nitrogen and oxygen atoms in total. The smallest absolute Gasteiger partial charge is 0.226 e. The largest absolute Gasteiger partial charge is 0.471 e. The van der Waals surface area contributed by atoms with Crippen molar-refractivity contribution < 1.29 is 9.47 Å². The van der Waals surface area contributed by atoms with Crippen LogP contribution in [-0.4, -0.2) is 48.9 Å². The number of fused-ring (bicyclic) bond motifs is 1. The lowest BCUT2D eigenvalue weighted by atomic mass is 9.87. The lowest BCUT2D eigenvalue weighted by Crippen LogP contribution is -2.26. The molecule has 1 aliphatic carbocycles. The number of ether oxygens (including phenoxy) is 2. The van der Waals surface area contributed by atoms with E-state index in [4.69, 9.17) is 14.5 Å². The van der Waals surface area contributed by atoms with Crippen molar-refractivity contribution >= 4 is 11.6 Å². The molecule has 2 aromatic rings. The lowest BCUT2D eigenvalue weighted by molar-refractivity contribution is 0.138. The first-order valence-corrected chi connectivity index (χ1v) is 11.4. The van der Waals surface area contributed by atoms with Crippen molar-refractivity contribution in [2.24, 2.45) is 5.92 Å². The fourth-order valence-corrected chi connectivity index (χ4v) is 4.81. The number of rotatable bonds is 5. The minimum atomic E-state index is 0.0580. The monoisotopic (exact) mass is 408 g/mol. The molecule has 1 saturated carbocycles. The first-order chi connectivity index (χ1) is 14.7. The van der Waals surface area contributed by atoms with Crippen LogP contribution >= 0.6 is 0 Å². The molecule has 2 fully saturated rings. The van der Waals surface area contributed by atoms with Crippen LogP contribution in [0.15, 0.2) is 24.4 Å². The number of hydrogen-bond acceptors (Lipinski definition) is 6. The van der Waals surface area contributed by atoms with Gasteiger partial charge in [0.25, 0.3) is 0 Å². The maximum absolute atomic E-state index is 6.32. The molecule has 0 amide bonds. The van der Waals surface area contributed by atoms with Crippen LogP contribution in [0.2, 0.25) is 0 Å². The van der Waals surface area contributed by atoms with Crippen LogP contribution in [0, 0.1) is 5.92 Å². The zero-order valence-corrected chi connectivity index (χ0v) is 18.1.